The monoisotopic (exact) mass is 446 g/mol. The molecule has 1 unspecified atom stereocenters. The average Bonchev–Trinajstić information content (AvgIpc) is 3.17. The second kappa shape index (κ2) is 8.02. The first kappa shape index (κ1) is 19.7. The van der Waals surface area contributed by atoms with Crippen LogP contribution in [-0.4, -0.2) is 26.0 Å². The van der Waals surface area contributed by atoms with Gasteiger partial charge >= 0.3 is 0 Å². The average molecular weight is 447 g/mol. The van der Waals surface area contributed by atoms with Crippen LogP contribution in [0.3, 0.4) is 0 Å². The molecular weight excluding hydrogens is 431 g/mol. The second-order valence-corrected chi connectivity index (χ2v) is 7.85. The van der Waals surface area contributed by atoms with Crippen molar-refractivity contribution in [3.63, 3.8) is 0 Å². The van der Waals surface area contributed by atoms with Gasteiger partial charge in [0.05, 0.1) is 11.0 Å². The molecule has 0 spiro atoms. The van der Waals surface area contributed by atoms with Gasteiger partial charge in [0.1, 0.15) is 0 Å². The fraction of sp³-hybridized carbons (Fsp3) is 0.150. The topological polar surface area (TPSA) is 63.3 Å². The first-order chi connectivity index (χ1) is 13.9. The number of nitrogens with zero attached hydrogens (tertiary/aromatic N) is 3. The zero-order valence-electron chi connectivity index (χ0n) is 15.1. The molecule has 148 valence electrons. The Labute approximate surface area is 182 Å². The molecule has 0 bridgehead atoms. The standard InChI is InChI=1S/C20H16Cl2N4O2S/c21-13-3-8-16(17(22)12-13)19-18-2-1-9-24(18)10-11-25(19)20(29)23-14-4-6-15(7-5-14)26(27)28/h1-9,12,19H,10-11H2,(H,23,29). The van der Waals surface area contributed by atoms with Crippen molar-refractivity contribution in [2.75, 3.05) is 11.9 Å². The number of hydrogen-bond acceptors (Lipinski definition) is 3. The van der Waals surface area contributed by atoms with Crippen molar-refractivity contribution < 1.29 is 4.92 Å². The minimum atomic E-state index is -0.431. The lowest BCUT2D eigenvalue weighted by Gasteiger charge is -2.39. The van der Waals surface area contributed by atoms with E-state index in [0.29, 0.717) is 27.4 Å². The third-order valence-corrected chi connectivity index (χ3v) is 5.78. The lowest BCUT2D eigenvalue weighted by Crippen LogP contribution is -2.44. The summed E-state index contributed by atoms with van der Waals surface area (Å²) >= 11 is 18.3. The Balaban J connectivity index is 1.65. The molecule has 4 rings (SSSR count). The number of aromatic nitrogens is 1. The van der Waals surface area contributed by atoms with E-state index in [9.17, 15) is 10.1 Å². The Morgan fingerprint density at radius 1 is 1.14 bits per heavy atom. The van der Waals surface area contributed by atoms with Crippen molar-refractivity contribution >= 4 is 51.9 Å². The third kappa shape index (κ3) is 3.94. The maximum atomic E-state index is 10.9. The number of non-ortho nitro benzene ring substituents is 1. The molecule has 1 N–H and O–H groups in total. The summed E-state index contributed by atoms with van der Waals surface area (Å²) in [5.74, 6) is 0. The van der Waals surface area contributed by atoms with Gasteiger partial charge in [0.15, 0.2) is 5.11 Å². The Hall–Kier alpha value is -2.61. The van der Waals surface area contributed by atoms with Gasteiger partial charge in [-0.15, -0.1) is 0 Å². The highest BCUT2D eigenvalue weighted by Gasteiger charge is 2.32. The number of nitro groups is 1. The van der Waals surface area contributed by atoms with Crippen LogP contribution in [0.25, 0.3) is 0 Å². The van der Waals surface area contributed by atoms with Crippen LogP contribution in [0, 0.1) is 10.1 Å². The first-order valence-electron chi connectivity index (χ1n) is 8.86. The second-order valence-electron chi connectivity index (χ2n) is 6.62. The molecule has 2 heterocycles. The number of thiocarbonyl (C=S) groups is 1. The molecule has 3 aromatic rings. The molecule has 0 saturated heterocycles. The number of hydrogen-bond donors (Lipinski definition) is 1. The number of nitrogens with one attached hydrogen (secondary N) is 1. The minimum Gasteiger partial charge on any atom is -0.348 e. The summed E-state index contributed by atoms with van der Waals surface area (Å²) in [4.78, 5) is 12.5. The zero-order chi connectivity index (χ0) is 20.5. The zero-order valence-corrected chi connectivity index (χ0v) is 17.4. The van der Waals surface area contributed by atoms with E-state index in [1.54, 1.807) is 18.2 Å². The Bertz CT molecular complexity index is 1080. The first-order valence-corrected chi connectivity index (χ1v) is 10.0. The van der Waals surface area contributed by atoms with E-state index in [-0.39, 0.29) is 11.7 Å². The predicted octanol–water partition coefficient (Wildman–Crippen LogP) is 5.51. The molecule has 0 fully saturated rings. The normalized spacial score (nSPS) is 15.7. The number of nitro benzene ring substituents is 1. The highest BCUT2D eigenvalue weighted by atomic mass is 35.5. The number of fused-ring (bicyclic) bond motifs is 1. The van der Waals surface area contributed by atoms with Crippen LogP contribution in [-0.2, 0) is 6.54 Å². The van der Waals surface area contributed by atoms with E-state index in [1.807, 2.05) is 24.4 Å². The van der Waals surface area contributed by atoms with Crippen LogP contribution in [0.15, 0.2) is 60.8 Å². The van der Waals surface area contributed by atoms with Crippen LogP contribution in [0.1, 0.15) is 17.3 Å². The van der Waals surface area contributed by atoms with Crippen molar-refractivity contribution in [3.8, 4) is 0 Å². The molecule has 9 heteroatoms. The van der Waals surface area contributed by atoms with E-state index in [2.05, 4.69) is 20.9 Å². The van der Waals surface area contributed by atoms with Gasteiger partial charge in [-0.2, -0.15) is 0 Å². The summed E-state index contributed by atoms with van der Waals surface area (Å²) < 4.78 is 2.18. The van der Waals surface area contributed by atoms with E-state index >= 15 is 0 Å². The molecule has 0 aliphatic carbocycles. The molecule has 1 aliphatic heterocycles. The highest BCUT2D eigenvalue weighted by molar-refractivity contribution is 7.80. The third-order valence-electron chi connectivity index (χ3n) is 4.89. The Morgan fingerprint density at radius 2 is 1.90 bits per heavy atom. The van der Waals surface area contributed by atoms with Crippen molar-refractivity contribution in [3.05, 3.63) is 92.2 Å². The fourth-order valence-electron chi connectivity index (χ4n) is 3.51. The van der Waals surface area contributed by atoms with E-state index in [0.717, 1.165) is 17.8 Å². The quantitative estimate of drug-likeness (QED) is 0.326. The van der Waals surface area contributed by atoms with Gasteiger partial charge < -0.3 is 14.8 Å². The number of halogens is 2. The highest BCUT2D eigenvalue weighted by Crippen LogP contribution is 2.37. The molecule has 1 atom stereocenters. The van der Waals surface area contributed by atoms with Crippen molar-refractivity contribution in [2.24, 2.45) is 0 Å². The van der Waals surface area contributed by atoms with Gasteiger partial charge in [-0.25, -0.2) is 0 Å². The van der Waals surface area contributed by atoms with Gasteiger partial charge in [-0.05, 0) is 54.2 Å². The molecule has 6 nitrogen and oxygen atoms in total. The maximum absolute atomic E-state index is 10.9. The summed E-state index contributed by atoms with van der Waals surface area (Å²) in [6.45, 7) is 1.47. The predicted molar refractivity (Wildman–Crippen MR) is 119 cm³/mol. The van der Waals surface area contributed by atoms with Crippen LogP contribution in [0.5, 0.6) is 0 Å². The van der Waals surface area contributed by atoms with Crippen LogP contribution in [0.2, 0.25) is 10.0 Å². The van der Waals surface area contributed by atoms with Crippen LogP contribution >= 0.6 is 35.4 Å². The molecule has 0 radical (unpaired) electrons. The molecular formula is C20H16Cl2N4O2S. The number of rotatable bonds is 3. The Morgan fingerprint density at radius 3 is 2.59 bits per heavy atom. The van der Waals surface area contributed by atoms with Crippen LogP contribution < -0.4 is 5.32 Å². The maximum Gasteiger partial charge on any atom is 0.269 e. The lowest BCUT2D eigenvalue weighted by molar-refractivity contribution is -0.384. The molecule has 1 aromatic heterocycles. The smallest absolute Gasteiger partial charge is 0.269 e. The number of benzene rings is 2. The van der Waals surface area contributed by atoms with Crippen molar-refractivity contribution in [1.29, 1.82) is 0 Å². The van der Waals surface area contributed by atoms with Crippen molar-refractivity contribution in [1.82, 2.24) is 9.47 Å². The van der Waals surface area contributed by atoms with Crippen molar-refractivity contribution in [2.45, 2.75) is 12.6 Å². The van der Waals surface area contributed by atoms with Gasteiger partial charge in [-0.3, -0.25) is 10.1 Å². The van der Waals surface area contributed by atoms with Gasteiger partial charge in [0.25, 0.3) is 5.69 Å². The summed E-state index contributed by atoms with van der Waals surface area (Å²) in [5, 5.41) is 15.7. The summed E-state index contributed by atoms with van der Waals surface area (Å²) in [6.07, 6.45) is 2.04. The lowest BCUT2D eigenvalue weighted by atomic mass is 10.00. The molecule has 29 heavy (non-hydrogen) atoms. The molecule has 0 saturated carbocycles. The molecule has 1 aliphatic rings. The van der Waals surface area contributed by atoms with Gasteiger partial charge in [0, 0.05) is 52.8 Å². The van der Waals surface area contributed by atoms with Gasteiger partial charge in [0.2, 0.25) is 0 Å². The van der Waals surface area contributed by atoms with E-state index in [1.165, 1.54) is 12.1 Å². The summed E-state index contributed by atoms with van der Waals surface area (Å²) in [7, 11) is 0. The minimum absolute atomic E-state index is 0.0306. The largest absolute Gasteiger partial charge is 0.348 e. The summed E-state index contributed by atoms with van der Waals surface area (Å²) in [5.41, 5.74) is 2.70. The van der Waals surface area contributed by atoms with E-state index in [4.69, 9.17) is 35.4 Å². The van der Waals surface area contributed by atoms with Gasteiger partial charge in [-0.1, -0.05) is 29.3 Å². The van der Waals surface area contributed by atoms with Crippen LogP contribution in [0.4, 0.5) is 11.4 Å². The number of anilines is 1. The summed E-state index contributed by atoms with van der Waals surface area (Å²) in [6, 6.07) is 15.5. The molecule has 0 amide bonds. The molecule has 2 aromatic carbocycles. The Kier molecular flexibility index (Phi) is 5.45. The SMILES string of the molecule is O=[N+]([O-])c1ccc(NC(=S)N2CCn3cccc3C2c2ccc(Cl)cc2Cl)cc1. The fourth-order valence-corrected chi connectivity index (χ4v) is 4.34. The van der Waals surface area contributed by atoms with E-state index < -0.39 is 4.92 Å².